The molecule has 6 heteroatoms. The Morgan fingerprint density at radius 2 is 2.09 bits per heavy atom. The number of nitrogens with zero attached hydrogens (tertiary/aromatic N) is 1. The van der Waals surface area contributed by atoms with Crippen LogP contribution in [0.3, 0.4) is 0 Å². The smallest absolute Gasteiger partial charge is 0.335 e. The van der Waals surface area contributed by atoms with Gasteiger partial charge in [-0.05, 0) is 35.9 Å². The van der Waals surface area contributed by atoms with Crippen molar-refractivity contribution < 1.29 is 14.6 Å². The molecule has 0 radical (unpaired) electrons. The first-order valence-corrected chi connectivity index (χ1v) is 6.96. The van der Waals surface area contributed by atoms with Crippen LogP contribution in [0.5, 0.6) is 5.75 Å². The van der Waals surface area contributed by atoms with Crippen molar-refractivity contribution in [1.82, 2.24) is 9.97 Å². The quantitative estimate of drug-likeness (QED) is 0.771. The zero-order valence-electron chi connectivity index (χ0n) is 12.4. The van der Waals surface area contributed by atoms with Crippen LogP contribution in [-0.4, -0.2) is 28.2 Å². The molecule has 0 spiro atoms. The van der Waals surface area contributed by atoms with Gasteiger partial charge in [0.1, 0.15) is 11.4 Å². The number of aromatic carboxylic acids is 1. The fourth-order valence-electron chi connectivity index (χ4n) is 2.35. The van der Waals surface area contributed by atoms with E-state index in [2.05, 4.69) is 9.97 Å². The fourth-order valence-corrected chi connectivity index (χ4v) is 2.35. The SMILES string of the molecule is COc1cccc(Cc2nc3cc(C(=O)O)ccc3[nH]c2=O)c1. The molecule has 0 saturated carbocycles. The molecule has 1 heterocycles. The molecule has 0 amide bonds. The highest BCUT2D eigenvalue weighted by atomic mass is 16.5. The normalized spacial score (nSPS) is 10.7. The highest BCUT2D eigenvalue weighted by Crippen LogP contribution is 2.16. The highest BCUT2D eigenvalue weighted by Gasteiger charge is 2.09. The molecule has 0 aliphatic carbocycles. The van der Waals surface area contributed by atoms with E-state index in [9.17, 15) is 9.59 Å². The average molecular weight is 310 g/mol. The van der Waals surface area contributed by atoms with E-state index in [1.807, 2.05) is 24.3 Å². The fraction of sp³-hybridized carbons (Fsp3) is 0.118. The topological polar surface area (TPSA) is 92.3 Å². The summed E-state index contributed by atoms with van der Waals surface area (Å²) in [7, 11) is 1.58. The van der Waals surface area contributed by atoms with Gasteiger partial charge in [-0.2, -0.15) is 0 Å². The third kappa shape index (κ3) is 3.06. The largest absolute Gasteiger partial charge is 0.497 e. The predicted octanol–water partition coefficient (Wildman–Crippen LogP) is 2.22. The van der Waals surface area contributed by atoms with E-state index < -0.39 is 5.97 Å². The van der Waals surface area contributed by atoms with Crippen LogP contribution in [0.4, 0.5) is 0 Å². The van der Waals surface area contributed by atoms with Crippen molar-refractivity contribution in [3.05, 3.63) is 69.6 Å². The molecule has 0 saturated heterocycles. The van der Waals surface area contributed by atoms with Crippen molar-refractivity contribution in [2.24, 2.45) is 0 Å². The first-order valence-electron chi connectivity index (χ1n) is 6.96. The molecule has 23 heavy (non-hydrogen) atoms. The van der Waals surface area contributed by atoms with Crippen molar-refractivity contribution in [3.63, 3.8) is 0 Å². The van der Waals surface area contributed by atoms with Crippen LogP contribution in [0.15, 0.2) is 47.3 Å². The molecule has 1 aromatic heterocycles. The number of benzene rings is 2. The Kier molecular flexibility index (Phi) is 3.80. The van der Waals surface area contributed by atoms with Gasteiger partial charge in [0.05, 0.1) is 23.7 Å². The number of hydrogen-bond donors (Lipinski definition) is 2. The Balaban J connectivity index is 2.04. The van der Waals surface area contributed by atoms with Crippen LogP contribution in [0.25, 0.3) is 11.0 Å². The first kappa shape index (κ1) is 14.8. The number of H-pyrrole nitrogens is 1. The van der Waals surface area contributed by atoms with Crippen molar-refractivity contribution in [2.75, 3.05) is 7.11 Å². The Bertz CT molecular complexity index is 947. The van der Waals surface area contributed by atoms with E-state index in [-0.39, 0.29) is 11.1 Å². The molecular weight excluding hydrogens is 296 g/mol. The number of rotatable bonds is 4. The minimum absolute atomic E-state index is 0.129. The maximum Gasteiger partial charge on any atom is 0.335 e. The molecule has 0 bridgehead atoms. The Morgan fingerprint density at radius 1 is 1.26 bits per heavy atom. The summed E-state index contributed by atoms with van der Waals surface area (Å²) in [6, 6.07) is 11.8. The van der Waals surface area contributed by atoms with E-state index in [0.29, 0.717) is 28.9 Å². The van der Waals surface area contributed by atoms with Crippen molar-refractivity contribution in [3.8, 4) is 5.75 Å². The van der Waals surface area contributed by atoms with Crippen LogP contribution in [-0.2, 0) is 6.42 Å². The summed E-state index contributed by atoms with van der Waals surface area (Å²) >= 11 is 0. The van der Waals surface area contributed by atoms with E-state index >= 15 is 0 Å². The molecule has 2 aromatic carbocycles. The lowest BCUT2D eigenvalue weighted by Crippen LogP contribution is -2.15. The minimum atomic E-state index is -1.03. The number of hydrogen-bond acceptors (Lipinski definition) is 4. The molecule has 0 atom stereocenters. The number of carboxylic acids is 1. The van der Waals surface area contributed by atoms with Crippen molar-refractivity contribution in [1.29, 1.82) is 0 Å². The second-order valence-corrected chi connectivity index (χ2v) is 5.08. The molecular formula is C17H14N2O4. The van der Waals surface area contributed by atoms with Crippen LogP contribution in [0, 0.1) is 0 Å². The summed E-state index contributed by atoms with van der Waals surface area (Å²) in [5.41, 5.74) is 2.01. The van der Waals surface area contributed by atoms with Gasteiger partial charge in [-0.25, -0.2) is 9.78 Å². The van der Waals surface area contributed by atoms with E-state index in [1.54, 1.807) is 13.2 Å². The lowest BCUT2D eigenvalue weighted by molar-refractivity contribution is 0.0697. The van der Waals surface area contributed by atoms with Gasteiger partial charge in [-0.15, -0.1) is 0 Å². The van der Waals surface area contributed by atoms with Gasteiger partial charge in [-0.3, -0.25) is 4.79 Å². The van der Waals surface area contributed by atoms with Gasteiger partial charge in [0.2, 0.25) is 0 Å². The molecule has 2 N–H and O–H groups in total. The van der Waals surface area contributed by atoms with E-state index in [0.717, 1.165) is 5.56 Å². The van der Waals surface area contributed by atoms with Crippen LogP contribution >= 0.6 is 0 Å². The Morgan fingerprint density at radius 3 is 2.83 bits per heavy atom. The molecule has 0 aliphatic heterocycles. The zero-order chi connectivity index (χ0) is 16.4. The number of aromatic nitrogens is 2. The third-order valence-electron chi connectivity index (χ3n) is 3.52. The molecule has 0 unspecified atom stereocenters. The molecule has 116 valence electrons. The van der Waals surface area contributed by atoms with E-state index in [1.165, 1.54) is 12.1 Å². The number of fused-ring (bicyclic) bond motifs is 1. The summed E-state index contributed by atoms with van der Waals surface area (Å²) in [5.74, 6) is -0.331. The molecule has 0 fully saturated rings. The number of carbonyl (C=O) groups is 1. The van der Waals surface area contributed by atoms with Gasteiger partial charge in [-0.1, -0.05) is 12.1 Å². The second kappa shape index (κ2) is 5.92. The van der Waals surface area contributed by atoms with Gasteiger partial charge in [0.25, 0.3) is 5.56 Å². The first-order chi connectivity index (χ1) is 11.1. The maximum absolute atomic E-state index is 12.1. The lowest BCUT2D eigenvalue weighted by atomic mass is 10.1. The summed E-state index contributed by atoms with van der Waals surface area (Å²) in [5, 5.41) is 9.05. The zero-order valence-corrected chi connectivity index (χ0v) is 12.4. The predicted molar refractivity (Wildman–Crippen MR) is 85.1 cm³/mol. The Hall–Kier alpha value is -3.15. The lowest BCUT2D eigenvalue weighted by Gasteiger charge is -2.05. The van der Waals surface area contributed by atoms with Gasteiger partial charge in [0, 0.05) is 6.42 Å². The van der Waals surface area contributed by atoms with E-state index in [4.69, 9.17) is 9.84 Å². The summed E-state index contributed by atoms with van der Waals surface area (Å²) < 4.78 is 5.16. The molecule has 3 rings (SSSR count). The van der Waals surface area contributed by atoms with Crippen molar-refractivity contribution >= 4 is 17.0 Å². The average Bonchev–Trinajstić information content (AvgIpc) is 2.55. The molecule has 0 aliphatic rings. The van der Waals surface area contributed by atoms with Crippen LogP contribution < -0.4 is 10.3 Å². The standard InChI is InChI=1S/C17H14N2O4/c1-23-12-4-2-3-10(7-12)8-15-16(20)19-13-6-5-11(17(21)22)9-14(13)18-15/h2-7,9H,8H2,1H3,(H,19,20)(H,21,22). The van der Waals surface area contributed by atoms with Crippen LogP contribution in [0.1, 0.15) is 21.6 Å². The number of nitrogens with one attached hydrogen (secondary N) is 1. The Labute approximate surface area is 131 Å². The summed E-state index contributed by atoms with van der Waals surface area (Å²) in [6.07, 6.45) is 0.333. The summed E-state index contributed by atoms with van der Waals surface area (Å²) in [6.45, 7) is 0. The van der Waals surface area contributed by atoms with Gasteiger partial charge in [0.15, 0.2) is 0 Å². The second-order valence-electron chi connectivity index (χ2n) is 5.08. The van der Waals surface area contributed by atoms with Gasteiger partial charge >= 0.3 is 5.97 Å². The number of methoxy groups -OCH3 is 1. The maximum atomic E-state index is 12.1. The van der Waals surface area contributed by atoms with Gasteiger partial charge < -0.3 is 14.8 Å². The molecule has 6 nitrogen and oxygen atoms in total. The number of carboxylic acid groups (broad SMARTS) is 1. The third-order valence-corrected chi connectivity index (χ3v) is 3.52. The molecule has 3 aromatic rings. The van der Waals surface area contributed by atoms with Crippen LogP contribution in [0.2, 0.25) is 0 Å². The minimum Gasteiger partial charge on any atom is -0.497 e. The monoisotopic (exact) mass is 310 g/mol. The highest BCUT2D eigenvalue weighted by molar-refractivity contribution is 5.92. The van der Waals surface area contributed by atoms with Crippen molar-refractivity contribution in [2.45, 2.75) is 6.42 Å². The summed E-state index contributed by atoms with van der Waals surface area (Å²) in [4.78, 5) is 30.2. The number of ether oxygens (including phenoxy) is 1. The number of aromatic amines is 1.